The number of methoxy groups -OCH3 is 2. The Morgan fingerprint density at radius 3 is 2.09 bits per heavy atom. The normalized spacial score (nSPS) is 52.5. The summed E-state index contributed by atoms with van der Waals surface area (Å²) in [5.41, 5.74) is -0.854. The third-order valence-corrected chi connectivity index (χ3v) is 16.8. The molecule has 6 fully saturated rings. The van der Waals surface area contributed by atoms with Gasteiger partial charge in [-0.2, -0.15) is 0 Å². The van der Waals surface area contributed by atoms with Gasteiger partial charge in [-0.25, -0.2) is 0 Å². The molecule has 2 saturated heterocycles. The zero-order valence-electron chi connectivity index (χ0n) is 33.7. The maximum absolute atomic E-state index is 12.1. The average molecular weight is 757 g/mol. The van der Waals surface area contributed by atoms with Crippen molar-refractivity contribution in [2.45, 2.75) is 180 Å². The van der Waals surface area contributed by atoms with Gasteiger partial charge in [0.25, 0.3) is 0 Å². The van der Waals surface area contributed by atoms with Crippen LogP contribution in [-0.4, -0.2) is 132 Å². The van der Waals surface area contributed by atoms with Crippen LogP contribution in [-0.2, 0) is 28.4 Å². The summed E-state index contributed by atoms with van der Waals surface area (Å²) in [4.78, 5) is 0. The lowest BCUT2D eigenvalue weighted by atomic mass is 9.36. The fourth-order valence-corrected chi connectivity index (χ4v) is 12.9. The van der Waals surface area contributed by atoms with Gasteiger partial charge in [-0.15, -0.1) is 0 Å². The van der Waals surface area contributed by atoms with E-state index in [4.69, 9.17) is 28.4 Å². The number of hydrogen-bond acceptors (Lipinski definition) is 12. The molecule has 6 N–H and O–H groups in total. The van der Waals surface area contributed by atoms with Crippen LogP contribution < -0.4 is 0 Å². The molecule has 308 valence electrons. The van der Waals surface area contributed by atoms with E-state index in [2.05, 4.69) is 48.5 Å². The molecule has 1 unspecified atom stereocenters. The van der Waals surface area contributed by atoms with Crippen LogP contribution in [0.15, 0.2) is 0 Å². The Morgan fingerprint density at radius 2 is 1.45 bits per heavy atom. The van der Waals surface area contributed by atoms with Gasteiger partial charge in [-0.3, -0.25) is 0 Å². The number of aliphatic hydroxyl groups is 6. The Labute approximate surface area is 317 Å². The second-order valence-electron chi connectivity index (χ2n) is 19.2. The number of rotatable bonds is 12. The molecule has 0 bridgehead atoms. The van der Waals surface area contributed by atoms with E-state index in [-0.39, 0.29) is 58.2 Å². The number of ether oxygens (including phenoxy) is 6. The molecule has 2 heterocycles. The van der Waals surface area contributed by atoms with Crippen LogP contribution >= 0.6 is 0 Å². The molecule has 4 saturated carbocycles. The predicted molar refractivity (Wildman–Crippen MR) is 195 cm³/mol. The Balaban J connectivity index is 1.14. The first-order valence-corrected chi connectivity index (χ1v) is 20.6. The van der Waals surface area contributed by atoms with Crippen molar-refractivity contribution in [2.24, 2.45) is 51.2 Å². The fourth-order valence-electron chi connectivity index (χ4n) is 12.9. The summed E-state index contributed by atoms with van der Waals surface area (Å²) in [5.74, 6) is 1.29. The summed E-state index contributed by atoms with van der Waals surface area (Å²) in [6.07, 6.45) is -1.75. The minimum Gasteiger partial charge on any atom is -0.394 e. The van der Waals surface area contributed by atoms with Crippen molar-refractivity contribution in [3.8, 4) is 0 Å². The molecule has 20 atom stereocenters. The van der Waals surface area contributed by atoms with E-state index in [1.165, 1.54) is 14.2 Å². The highest BCUT2D eigenvalue weighted by molar-refractivity contribution is 5.20. The van der Waals surface area contributed by atoms with Gasteiger partial charge < -0.3 is 59.1 Å². The van der Waals surface area contributed by atoms with Crippen LogP contribution in [0.1, 0.15) is 106 Å². The molecule has 0 spiro atoms. The van der Waals surface area contributed by atoms with Gasteiger partial charge in [0, 0.05) is 25.0 Å². The smallest absolute Gasteiger partial charge is 0.187 e. The minimum atomic E-state index is -1.19. The minimum absolute atomic E-state index is 0.0754. The van der Waals surface area contributed by atoms with E-state index in [0.717, 1.165) is 44.9 Å². The first-order valence-electron chi connectivity index (χ1n) is 20.6. The van der Waals surface area contributed by atoms with Gasteiger partial charge in [0.2, 0.25) is 0 Å². The Bertz CT molecular complexity index is 1240. The number of fused-ring (bicyclic) bond motifs is 5. The molecule has 0 aromatic heterocycles. The predicted octanol–water partition coefficient (Wildman–Crippen LogP) is 3.40. The van der Waals surface area contributed by atoms with E-state index in [0.29, 0.717) is 24.7 Å². The molecule has 6 aliphatic rings. The number of aliphatic hydroxyl groups excluding tert-OH is 6. The first kappa shape index (κ1) is 42.1. The van der Waals surface area contributed by atoms with Crippen molar-refractivity contribution in [1.29, 1.82) is 0 Å². The van der Waals surface area contributed by atoms with Gasteiger partial charge in [0.15, 0.2) is 12.6 Å². The van der Waals surface area contributed by atoms with Crippen molar-refractivity contribution in [3.63, 3.8) is 0 Å². The van der Waals surface area contributed by atoms with E-state index >= 15 is 0 Å². The SMILES string of the molecule is CO[C@H]1[C@H](O[C@H]2[C@H](O[C@@H](CC[C@@H](C)[C@H]3C[C@@H](O)[C@@]4(C)[C@@H]5C[C@H](O)[C@@]6(C)C[C@@H](O)CC[C@]6(C)C5CC[C@]34C)C(C)C)O[C@H](CO)[C@@H]2O)OC[C@@H](OC)[C@@H]1O. The second-order valence-corrected chi connectivity index (χ2v) is 19.2. The lowest BCUT2D eigenvalue weighted by molar-refractivity contribution is -0.313. The van der Waals surface area contributed by atoms with Crippen molar-refractivity contribution in [3.05, 3.63) is 0 Å². The van der Waals surface area contributed by atoms with Gasteiger partial charge in [-0.05, 0) is 98.2 Å². The molecule has 0 amide bonds. The highest BCUT2D eigenvalue weighted by atomic mass is 16.8. The van der Waals surface area contributed by atoms with Crippen LogP contribution in [0.5, 0.6) is 0 Å². The molecule has 53 heavy (non-hydrogen) atoms. The molecule has 0 aromatic carbocycles. The van der Waals surface area contributed by atoms with Crippen LogP contribution in [0.2, 0.25) is 0 Å². The van der Waals surface area contributed by atoms with E-state index in [1.807, 2.05) is 0 Å². The number of hydrogen-bond donors (Lipinski definition) is 6. The third-order valence-electron chi connectivity index (χ3n) is 16.8. The fraction of sp³-hybridized carbons (Fsp3) is 1.00. The third kappa shape index (κ3) is 6.78. The van der Waals surface area contributed by atoms with Gasteiger partial charge >= 0.3 is 0 Å². The highest BCUT2D eigenvalue weighted by Gasteiger charge is 2.72. The summed E-state index contributed by atoms with van der Waals surface area (Å²) in [6.45, 7) is 15.4. The largest absolute Gasteiger partial charge is 0.394 e. The molecule has 6 rings (SSSR count). The molecular weight excluding hydrogens is 684 g/mol. The topological polar surface area (TPSA) is 177 Å². The maximum Gasteiger partial charge on any atom is 0.187 e. The second kappa shape index (κ2) is 15.7. The molecule has 12 heteroatoms. The highest BCUT2D eigenvalue weighted by Crippen LogP contribution is 2.75. The van der Waals surface area contributed by atoms with E-state index in [9.17, 15) is 30.6 Å². The lowest BCUT2D eigenvalue weighted by Gasteiger charge is -2.69. The Morgan fingerprint density at radius 1 is 0.755 bits per heavy atom. The van der Waals surface area contributed by atoms with Gasteiger partial charge in [0.05, 0.1) is 37.6 Å². The van der Waals surface area contributed by atoms with E-state index in [1.54, 1.807) is 0 Å². The molecule has 12 nitrogen and oxygen atoms in total. The van der Waals surface area contributed by atoms with Gasteiger partial charge in [0.1, 0.15) is 36.6 Å². The van der Waals surface area contributed by atoms with Crippen LogP contribution in [0, 0.1) is 51.2 Å². The summed E-state index contributed by atoms with van der Waals surface area (Å²) >= 11 is 0. The summed E-state index contributed by atoms with van der Waals surface area (Å²) in [7, 11) is 2.93. The zero-order valence-corrected chi connectivity index (χ0v) is 33.7. The average Bonchev–Trinajstić information content (AvgIpc) is 3.52. The lowest BCUT2D eigenvalue weighted by Crippen LogP contribution is -2.66. The standard InChI is InChI=1S/C41H72O12/c1-21(2)27(51-37-35(32(46)28(19-42)52-37)53-36-34(49-9)33(47)29(48-8)20-50-36)11-10-22(3)25-16-31(45)41(7)26-17-30(44)40(6)18-23(43)12-14-38(40,4)24(26)13-15-39(25,41)5/h21-37,42-47H,10-20H2,1-9H3/t22-,23+,24?,25-,26-,27+,28-,29-,30+,31-,32+,33+,34-,35-,36+,37-,38-,39-,40-,41-/m1/s1. The summed E-state index contributed by atoms with van der Waals surface area (Å²) in [6, 6.07) is 0. The van der Waals surface area contributed by atoms with E-state index < -0.39 is 68.0 Å². The van der Waals surface area contributed by atoms with Crippen LogP contribution in [0.3, 0.4) is 0 Å². The van der Waals surface area contributed by atoms with Crippen molar-refractivity contribution < 1.29 is 59.1 Å². The van der Waals surface area contributed by atoms with Crippen molar-refractivity contribution in [2.75, 3.05) is 27.4 Å². The summed E-state index contributed by atoms with van der Waals surface area (Å²) in [5, 5.41) is 66.5. The zero-order chi connectivity index (χ0) is 38.8. The molecule has 0 aromatic rings. The first-order chi connectivity index (χ1) is 24.9. The van der Waals surface area contributed by atoms with Crippen molar-refractivity contribution in [1.82, 2.24) is 0 Å². The molecule has 4 aliphatic carbocycles. The van der Waals surface area contributed by atoms with Gasteiger partial charge in [-0.1, -0.05) is 48.5 Å². The van der Waals surface area contributed by atoms with Crippen molar-refractivity contribution >= 4 is 0 Å². The molecule has 2 aliphatic heterocycles. The monoisotopic (exact) mass is 757 g/mol. The molecular formula is C41H72O12. The molecule has 0 radical (unpaired) electrons. The summed E-state index contributed by atoms with van der Waals surface area (Å²) < 4.78 is 35.6. The quantitative estimate of drug-likeness (QED) is 0.172. The maximum atomic E-state index is 12.1. The Hall–Kier alpha value is -0.480. The Kier molecular flexibility index (Phi) is 12.5. The van der Waals surface area contributed by atoms with Crippen LogP contribution in [0.4, 0.5) is 0 Å². The van der Waals surface area contributed by atoms with Crippen LogP contribution in [0.25, 0.3) is 0 Å².